The molecule has 0 heterocycles. The lowest BCUT2D eigenvalue weighted by atomic mass is 9.99. The summed E-state index contributed by atoms with van der Waals surface area (Å²) < 4.78 is 43.0. The summed E-state index contributed by atoms with van der Waals surface area (Å²) in [6, 6.07) is 1.79. The van der Waals surface area contributed by atoms with Crippen molar-refractivity contribution in [2.24, 2.45) is 5.92 Å². The van der Waals surface area contributed by atoms with Crippen LogP contribution in [0.2, 0.25) is 0 Å². The molecular weight excluding hydrogens is 329 g/mol. The quantitative estimate of drug-likeness (QED) is 0.908. The highest BCUT2D eigenvalue weighted by Gasteiger charge is 2.32. The number of carboxylic acid groups (broad SMARTS) is 1. The summed E-state index contributed by atoms with van der Waals surface area (Å²) in [7, 11) is 1.25. The van der Waals surface area contributed by atoms with Crippen molar-refractivity contribution in [2.45, 2.75) is 19.5 Å². The summed E-state index contributed by atoms with van der Waals surface area (Å²) in [5.74, 6) is -1.72. The molecule has 0 saturated carbocycles. The standard InChI is InChI=1S/C12H12BrF3O3/c1-6(11(17)18)3-8-9(13)4-7(12(14,15)16)5-10(8)19-2/h4-6H,3H2,1-2H3,(H,17,18). The summed E-state index contributed by atoms with van der Waals surface area (Å²) >= 11 is 3.04. The van der Waals surface area contributed by atoms with E-state index in [1.165, 1.54) is 14.0 Å². The lowest BCUT2D eigenvalue weighted by Gasteiger charge is -2.16. The predicted octanol–water partition coefficient (Wildman–Crippen LogP) is 3.74. The molecule has 106 valence electrons. The number of methoxy groups -OCH3 is 1. The Morgan fingerprint density at radius 2 is 2.05 bits per heavy atom. The van der Waals surface area contributed by atoms with Gasteiger partial charge >= 0.3 is 12.1 Å². The fraction of sp³-hybridized carbons (Fsp3) is 0.417. The number of alkyl halides is 3. The molecule has 0 aliphatic rings. The first-order valence-corrected chi connectivity index (χ1v) is 6.12. The van der Waals surface area contributed by atoms with Crippen molar-refractivity contribution in [3.8, 4) is 5.75 Å². The maximum absolute atomic E-state index is 12.6. The molecule has 0 radical (unpaired) electrons. The van der Waals surface area contributed by atoms with Gasteiger partial charge in [0.1, 0.15) is 5.75 Å². The Labute approximate surface area is 116 Å². The van der Waals surface area contributed by atoms with Crippen molar-refractivity contribution in [2.75, 3.05) is 7.11 Å². The molecule has 1 aromatic carbocycles. The van der Waals surface area contributed by atoms with Crippen molar-refractivity contribution >= 4 is 21.9 Å². The van der Waals surface area contributed by atoms with E-state index in [1.807, 2.05) is 0 Å². The Bertz CT molecular complexity index is 486. The van der Waals surface area contributed by atoms with E-state index in [0.29, 0.717) is 5.56 Å². The zero-order chi connectivity index (χ0) is 14.8. The number of hydrogen-bond donors (Lipinski definition) is 1. The first-order chi connectivity index (χ1) is 8.66. The molecule has 0 aromatic heterocycles. The molecule has 1 rings (SSSR count). The molecule has 1 atom stereocenters. The van der Waals surface area contributed by atoms with E-state index in [9.17, 15) is 18.0 Å². The average Bonchev–Trinajstić information content (AvgIpc) is 2.29. The summed E-state index contributed by atoms with van der Waals surface area (Å²) in [4.78, 5) is 10.8. The number of aliphatic carboxylic acids is 1. The molecule has 0 amide bonds. The second-order valence-corrected chi connectivity index (χ2v) is 4.93. The number of ether oxygens (including phenoxy) is 1. The fourth-order valence-corrected chi connectivity index (χ4v) is 2.15. The van der Waals surface area contributed by atoms with E-state index in [2.05, 4.69) is 15.9 Å². The minimum atomic E-state index is -4.48. The third-order valence-electron chi connectivity index (χ3n) is 2.63. The van der Waals surface area contributed by atoms with Crippen molar-refractivity contribution < 1.29 is 27.8 Å². The molecule has 0 saturated heterocycles. The Morgan fingerprint density at radius 3 is 2.47 bits per heavy atom. The van der Waals surface area contributed by atoms with Crippen LogP contribution in [0.4, 0.5) is 13.2 Å². The lowest BCUT2D eigenvalue weighted by Crippen LogP contribution is -2.14. The smallest absolute Gasteiger partial charge is 0.416 e. The SMILES string of the molecule is COc1cc(C(F)(F)F)cc(Br)c1CC(C)C(=O)O. The van der Waals surface area contributed by atoms with Gasteiger partial charge in [-0.3, -0.25) is 4.79 Å². The van der Waals surface area contributed by atoms with Crippen LogP contribution in [0.3, 0.4) is 0 Å². The molecule has 0 bridgehead atoms. The van der Waals surface area contributed by atoms with Crippen molar-refractivity contribution in [3.05, 3.63) is 27.7 Å². The highest BCUT2D eigenvalue weighted by Crippen LogP contribution is 2.38. The molecule has 0 spiro atoms. The van der Waals surface area contributed by atoms with Crippen LogP contribution in [0.1, 0.15) is 18.1 Å². The van der Waals surface area contributed by atoms with Gasteiger partial charge in [-0.25, -0.2) is 0 Å². The van der Waals surface area contributed by atoms with Gasteiger partial charge in [0.25, 0.3) is 0 Å². The number of benzene rings is 1. The highest BCUT2D eigenvalue weighted by atomic mass is 79.9. The lowest BCUT2D eigenvalue weighted by molar-refractivity contribution is -0.141. The van der Waals surface area contributed by atoms with E-state index >= 15 is 0 Å². The van der Waals surface area contributed by atoms with Crippen molar-refractivity contribution in [1.82, 2.24) is 0 Å². The van der Waals surface area contributed by atoms with Gasteiger partial charge in [-0.1, -0.05) is 22.9 Å². The summed E-state index contributed by atoms with van der Waals surface area (Å²) in [6.07, 6.45) is -4.40. The highest BCUT2D eigenvalue weighted by molar-refractivity contribution is 9.10. The molecule has 1 aromatic rings. The minimum absolute atomic E-state index is 0.0230. The van der Waals surface area contributed by atoms with Crippen molar-refractivity contribution in [1.29, 1.82) is 0 Å². The van der Waals surface area contributed by atoms with Gasteiger partial charge in [-0.15, -0.1) is 0 Å². The van der Waals surface area contributed by atoms with Gasteiger partial charge in [0.15, 0.2) is 0 Å². The zero-order valence-corrected chi connectivity index (χ0v) is 11.8. The monoisotopic (exact) mass is 340 g/mol. The van der Waals surface area contributed by atoms with Gasteiger partial charge in [0.2, 0.25) is 0 Å². The number of carbonyl (C=O) groups is 1. The van der Waals surface area contributed by atoms with Gasteiger partial charge < -0.3 is 9.84 Å². The number of rotatable bonds is 4. The molecule has 1 unspecified atom stereocenters. The van der Waals surface area contributed by atoms with Crippen LogP contribution in [-0.4, -0.2) is 18.2 Å². The van der Waals surface area contributed by atoms with Crippen LogP contribution < -0.4 is 4.74 Å². The molecule has 0 fully saturated rings. The molecule has 7 heteroatoms. The van der Waals surface area contributed by atoms with Crippen LogP contribution in [0.5, 0.6) is 5.75 Å². The van der Waals surface area contributed by atoms with E-state index in [1.54, 1.807) is 0 Å². The molecule has 1 N–H and O–H groups in total. The predicted molar refractivity (Wildman–Crippen MR) is 66.2 cm³/mol. The van der Waals surface area contributed by atoms with Gasteiger partial charge in [-0.05, 0) is 18.6 Å². The molecule has 0 aliphatic carbocycles. The van der Waals surface area contributed by atoms with Crippen LogP contribution in [-0.2, 0) is 17.4 Å². The molecular formula is C12H12BrF3O3. The normalized spacial score (nSPS) is 13.2. The van der Waals surface area contributed by atoms with E-state index in [0.717, 1.165) is 12.1 Å². The number of carboxylic acids is 1. The second kappa shape index (κ2) is 5.81. The zero-order valence-electron chi connectivity index (χ0n) is 10.2. The third kappa shape index (κ3) is 3.86. The minimum Gasteiger partial charge on any atom is -0.496 e. The van der Waals surface area contributed by atoms with Crippen molar-refractivity contribution in [3.63, 3.8) is 0 Å². The molecule has 3 nitrogen and oxygen atoms in total. The van der Waals surface area contributed by atoms with Crippen LogP contribution >= 0.6 is 15.9 Å². The molecule has 0 aliphatic heterocycles. The second-order valence-electron chi connectivity index (χ2n) is 4.08. The first-order valence-electron chi connectivity index (χ1n) is 5.33. The Balaban J connectivity index is 3.23. The fourth-order valence-electron chi connectivity index (χ4n) is 1.55. The Morgan fingerprint density at radius 1 is 1.47 bits per heavy atom. The molecule has 19 heavy (non-hydrogen) atoms. The van der Waals surface area contributed by atoms with Gasteiger partial charge in [0.05, 0.1) is 18.6 Å². The largest absolute Gasteiger partial charge is 0.496 e. The third-order valence-corrected chi connectivity index (χ3v) is 3.34. The number of hydrogen-bond acceptors (Lipinski definition) is 2. The Hall–Kier alpha value is -1.24. The van der Waals surface area contributed by atoms with E-state index in [-0.39, 0.29) is 16.6 Å². The van der Waals surface area contributed by atoms with Crippen LogP contribution in [0.15, 0.2) is 16.6 Å². The summed E-state index contributed by atoms with van der Waals surface area (Å²) in [5, 5.41) is 8.85. The van der Waals surface area contributed by atoms with E-state index in [4.69, 9.17) is 9.84 Å². The average molecular weight is 341 g/mol. The van der Waals surface area contributed by atoms with Gasteiger partial charge in [-0.2, -0.15) is 13.2 Å². The first kappa shape index (κ1) is 15.8. The topological polar surface area (TPSA) is 46.5 Å². The van der Waals surface area contributed by atoms with Crippen LogP contribution in [0, 0.1) is 5.92 Å². The number of halogens is 4. The maximum atomic E-state index is 12.6. The van der Waals surface area contributed by atoms with E-state index < -0.39 is 23.6 Å². The summed E-state index contributed by atoms with van der Waals surface area (Å²) in [6.45, 7) is 1.48. The summed E-state index contributed by atoms with van der Waals surface area (Å²) in [5.41, 5.74) is -0.437. The van der Waals surface area contributed by atoms with Crippen LogP contribution in [0.25, 0.3) is 0 Å². The Kier molecular flexibility index (Phi) is 4.84. The maximum Gasteiger partial charge on any atom is 0.416 e. The van der Waals surface area contributed by atoms with Gasteiger partial charge in [0, 0.05) is 10.0 Å².